The fourth-order valence-corrected chi connectivity index (χ4v) is 3.91. The van der Waals surface area contributed by atoms with E-state index in [2.05, 4.69) is 20.5 Å². The van der Waals surface area contributed by atoms with Crippen LogP contribution in [0.4, 0.5) is 5.82 Å². The first kappa shape index (κ1) is 19.4. The third-order valence-corrected chi connectivity index (χ3v) is 5.26. The largest absolute Gasteiger partial charge is 0.507 e. The number of phenolic OH excluding ortho intramolecular Hbond substituents is 1. The highest BCUT2D eigenvalue weighted by molar-refractivity contribution is 6.30. The van der Waals surface area contributed by atoms with Crippen molar-refractivity contribution in [3.05, 3.63) is 41.7 Å². The van der Waals surface area contributed by atoms with Gasteiger partial charge in [0.05, 0.1) is 6.54 Å². The summed E-state index contributed by atoms with van der Waals surface area (Å²) >= 11 is 5.95. The van der Waals surface area contributed by atoms with Crippen LogP contribution in [0.15, 0.2) is 36.7 Å². The van der Waals surface area contributed by atoms with Gasteiger partial charge in [-0.05, 0) is 43.7 Å². The molecule has 1 aliphatic rings. The van der Waals surface area contributed by atoms with E-state index >= 15 is 0 Å². The fourth-order valence-electron chi connectivity index (χ4n) is 3.74. The van der Waals surface area contributed by atoms with E-state index in [9.17, 15) is 9.90 Å². The zero-order chi connectivity index (χ0) is 20.4. The van der Waals surface area contributed by atoms with E-state index in [-0.39, 0.29) is 24.2 Å². The number of carbonyl (C=O) groups excluding carboxylic acids is 1. The molecule has 0 spiro atoms. The lowest BCUT2D eigenvalue weighted by atomic mass is 10.0. The topological polar surface area (TPSA) is 117 Å². The van der Waals surface area contributed by atoms with Crippen LogP contribution in [0.2, 0.25) is 5.02 Å². The van der Waals surface area contributed by atoms with Crippen molar-refractivity contribution in [2.75, 3.05) is 25.0 Å². The van der Waals surface area contributed by atoms with E-state index in [1.807, 2.05) is 11.0 Å². The van der Waals surface area contributed by atoms with Gasteiger partial charge in [0.15, 0.2) is 5.82 Å². The number of pyridine rings is 1. The maximum atomic E-state index is 11.2. The predicted molar refractivity (Wildman–Crippen MR) is 112 cm³/mol. The molecular formula is C20H21ClN6O2. The van der Waals surface area contributed by atoms with Crippen molar-refractivity contribution in [1.82, 2.24) is 20.1 Å². The van der Waals surface area contributed by atoms with Gasteiger partial charge in [0.1, 0.15) is 11.4 Å². The van der Waals surface area contributed by atoms with Gasteiger partial charge in [-0.3, -0.25) is 14.7 Å². The Bertz CT molecular complexity index is 1060. The van der Waals surface area contributed by atoms with Gasteiger partial charge in [0, 0.05) is 46.3 Å². The number of halogens is 1. The van der Waals surface area contributed by atoms with Crippen LogP contribution in [0.3, 0.4) is 0 Å². The van der Waals surface area contributed by atoms with Crippen LogP contribution < -0.4 is 11.1 Å². The van der Waals surface area contributed by atoms with Crippen molar-refractivity contribution < 1.29 is 9.90 Å². The summed E-state index contributed by atoms with van der Waals surface area (Å²) in [5, 5.41) is 24.6. The SMILES string of the molecule is NC(=O)CN1CCC[C@@H](Nc2nnc(-c3ccc(Cl)cc3O)c3ccncc23)C1. The van der Waals surface area contributed by atoms with Gasteiger partial charge in [-0.1, -0.05) is 11.6 Å². The number of piperidine rings is 1. The molecule has 0 radical (unpaired) electrons. The molecule has 3 heterocycles. The Morgan fingerprint density at radius 2 is 2.17 bits per heavy atom. The number of amides is 1. The molecule has 150 valence electrons. The second-order valence-corrected chi connectivity index (χ2v) is 7.60. The first-order valence-electron chi connectivity index (χ1n) is 9.38. The van der Waals surface area contributed by atoms with Gasteiger partial charge >= 0.3 is 0 Å². The third-order valence-electron chi connectivity index (χ3n) is 5.02. The number of phenols is 1. The molecule has 1 atom stereocenters. The Hall–Kier alpha value is -2.97. The van der Waals surface area contributed by atoms with Gasteiger partial charge in [-0.15, -0.1) is 10.2 Å². The predicted octanol–water partition coefficient (Wildman–Crippen LogP) is 2.41. The van der Waals surface area contributed by atoms with E-state index < -0.39 is 0 Å². The number of carbonyl (C=O) groups is 1. The Kier molecular flexibility index (Phi) is 5.46. The van der Waals surface area contributed by atoms with Crippen molar-refractivity contribution in [2.45, 2.75) is 18.9 Å². The van der Waals surface area contributed by atoms with Gasteiger partial charge in [-0.25, -0.2) is 0 Å². The van der Waals surface area contributed by atoms with E-state index in [0.717, 1.165) is 30.2 Å². The molecule has 1 saturated heterocycles. The molecule has 0 unspecified atom stereocenters. The average molecular weight is 413 g/mol. The molecule has 1 amide bonds. The van der Waals surface area contributed by atoms with Crippen molar-refractivity contribution in [2.24, 2.45) is 5.73 Å². The van der Waals surface area contributed by atoms with Crippen LogP contribution in [0, 0.1) is 0 Å². The molecule has 4 N–H and O–H groups in total. The number of hydrogen-bond acceptors (Lipinski definition) is 7. The van der Waals surface area contributed by atoms with Gasteiger partial charge in [-0.2, -0.15) is 0 Å². The lowest BCUT2D eigenvalue weighted by Gasteiger charge is -2.32. The summed E-state index contributed by atoms with van der Waals surface area (Å²) in [5.74, 6) is 0.337. The molecular weight excluding hydrogens is 392 g/mol. The lowest BCUT2D eigenvalue weighted by Crippen LogP contribution is -2.45. The standard InChI is InChI=1S/C20H21ClN6O2/c21-12-3-4-15(17(28)8-12)19-14-5-6-23-9-16(14)20(26-25-19)24-13-2-1-7-27(10-13)11-18(22)29/h3-6,8-9,13,28H,1-2,7,10-11H2,(H2,22,29)(H,24,26)/t13-/m1/s1. The molecule has 29 heavy (non-hydrogen) atoms. The van der Waals surface area contributed by atoms with Crippen LogP contribution in [-0.2, 0) is 4.79 Å². The molecule has 3 aromatic rings. The first-order chi connectivity index (χ1) is 14.0. The number of anilines is 1. The molecule has 1 aromatic carbocycles. The van der Waals surface area contributed by atoms with Crippen LogP contribution in [0.25, 0.3) is 22.0 Å². The molecule has 2 aromatic heterocycles. The summed E-state index contributed by atoms with van der Waals surface area (Å²) in [5.41, 5.74) is 6.44. The summed E-state index contributed by atoms with van der Waals surface area (Å²) in [7, 11) is 0. The molecule has 0 saturated carbocycles. The molecule has 9 heteroatoms. The Morgan fingerprint density at radius 1 is 1.31 bits per heavy atom. The minimum absolute atomic E-state index is 0.0417. The smallest absolute Gasteiger partial charge is 0.231 e. The third kappa shape index (κ3) is 4.23. The normalized spacial score (nSPS) is 17.3. The molecule has 1 fully saturated rings. The lowest BCUT2D eigenvalue weighted by molar-refractivity contribution is -0.119. The minimum Gasteiger partial charge on any atom is -0.507 e. The number of nitrogens with zero attached hydrogens (tertiary/aromatic N) is 4. The number of aromatic nitrogens is 3. The minimum atomic E-state index is -0.327. The Balaban J connectivity index is 1.66. The van der Waals surface area contributed by atoms with Crippen molar-refractivity contribution in [3.63, 3.8) is 0 Å². The fraction of sp³-hybridized carbons (Fsp3) is 0.300. The highest BCUT2D eigenvalue weighted by atomic mass is 35.5. The number of primary amides is 1. The van der Waals surface area contributed by atoms with Crippen LogP contribution in [0.1, 0.15) is 12.8 Å². The average Bonchev–Trinajstić information content (AvgIpc) is 2.69. The molecule has 0 bridgehead atoms. The van der Waals surface area contributed by atoms with Crippen LogP contribution in [0.5, 0.6) is 5.75 Å². The number of fused-ring (bicyclic) bond motifs is 1. The maximum absolute atomic E-state index is 11.2. The van der Waals surface area contributed by atoms with Gasteiger partial charge in [0.2, 0.25) is 5.91 Å². The molecule has 4 rings (SSSR count). The second kappa shape index (κ2) is 8.18. The summed E-state index contributed by atoms with van der Waals surface area (Å²) in [6.45, 7) is 1.80. The van der Waals surface area contributed by atoms with Crippen molar-refractivity contribution in [1.29, 1.82) is 0 Å². The van der Waals surface area contributed by atoms with Crippen LogP contribution >= 0.6 is 11.6 Å². The van der Waals surface area contributed by atoms with Gasteiger partial charge < -0.3 is 16.2 Å². The number of nitrogens with two attached hydrogens (primary N) is 1. The Labute approximate surface area is 172 Å². The number of nitrogens with one attached hydrogen (secondary N) is 1. The monoisotopic (exact) mass is 412 g/mol. The quantitative estimate of drug-likeness (QED) is 0.589. The van der Waals surface area contributed by atoms with E-state index in [1.54, 1.807) is 24.5 Å². The van der Waals surface area contributed by atoms with E-state index in [0.29, 0.717) is 28.6 Å². The van der Waals surface area contributed by atoms with Crippen LogP contribution in [-0.4, -0.2) is 56.8 Å². The highest BCUT2D eigenvalue weighted by Crippen LogP contribution is 2.35. The van der Waals surface area contributed by atoms with Crippen molar-refractivity contribution in [3.8, 4) is 17.0 Å². The summed E-state index contributed by atoms with van der Waals surface area (Å²) in [6, 6.07) is 6.87. The molecule has 1 aliphatic heterocycles. The summed E-state index contributed by atoms with van der Waals surface area (Å²) < 4.78 is 0. The number of likely N-dealkylation sites (tertiary alicyclic amines) is 1. The number of aromatic hydroxyl groups is 1. The Morgan fingerprint density at radius 3 is 2.97 bits per heavy atom. The summed E-state index contributed by atoms with van der Waals surface area (Å²) in [6.07, 6.45) is 5.33. The van der Waals surface area contributed by atoms with E-state index in [1.165, 1.54) is 6.07 Å². The highest BCUT2D eigenvalue weighted by Gasteiger charge is 2.22. The zero-order valence-corrected chi connectivity index (χ0v) is 16.4. The number of rotatable bonds is 5. The maximum Gasteiger partial charge on any atom is 0.231 e. The zero-order valence-electron chi connectivity index (χ0n) is 15.7. The number of benzene rings is 1. The molecule has 8 nitrogen and oxygen atoms in total. The first-order valence-corrected chi connectivity index (χ1v) is 9.75. The van der Waals surface area contributed by atoms with Crippen molar-refractivity contribution >= 4 is 34.1 Å². The van der Waals surface area contributed by atoms with E-state index in [4.69, 9.17) is 17.3 Å². The summed E-state index contributed by atoms with van der Waals surface area (Å²) in [4.78, 5) is 17.5. The second-order valence-electron chi connectivity index (χ2n) is 7.16. The van der Waals surface area contributed by atoms with Gasteiger partial charge in [0.25, 0.3) is 0 Å². The molecule has 0 aliphatic carbocycles. The number of hydrogen-bond donors (Lipinski definition) is 3.